The largest absolute Gasteiger partial charge is 0.330 e. The van der Waals surface area contributed by atoms with E-state index in [1.165, 1.54) is 6.07 Å². The van der Waals surface area contributed by atoms with E-state index in [4.69, 9.17) is 17.5 Å². The van der Waals surface area contributed by atoms with Gasteiger partial charge in [-0.3, -0.25) is 4.57 Å². The number of hydrogen-bond donors (Lipinski definition) is 1. The molecule has 0 fully saturated rings. The van der Waals surface area contributed by atoms with Crippen LogP contribution < -0.4 is 0 Å². The molecule has 0 amide bonds. The van der Waals surface area contributed by atoms with Gasteiger partial charge in [-0.2, -0.15) is 5.26 Å². The fourth-order valence-corrected chi connectivity index (χ4v) is 2.75. The lowest BCUT2D eigenvalue weighted by Crippen LogP contribution is -1.98. The summed E-state index contributed by atoms with van der Waals surface area (Å²) in [5.41, 5.74) is 2.19. The van der Waals surface area contributed by atoms with Crippen LogP contribution in [0.1, 0.15) is 5.56 Å². The van der Waals surface area contributed by atoms with E-state index in [1.807, 2.05) is 24.3 Å². The average Bonchev–Trinajstić information content (AvgIpc) is 2.73. The number of nitrogens with zero attached hydrogens (tertiary/aromatic N) is 2. The molecule has 0 aliphatic rings. The Morgan fingerprint density at radius 1 is 1.25 bits per heavy atom. The molecular weight excluding hydrogens is 341 g/mol. The Labute approximate surface area is 127 Å². The number of nitrogens with one attached hydrogen (secondary N) is 1. The standard InChI is InChI=1S/C14H7BrFN3S/c15-9-2-4-13-11(6-9)18-14(20)19(13)12-3-1-8(7-17)5-10(12)16/h1-6H,(H,18,20). The summed E-state index contributed by atoms with van der Waals surface area (Å²) >= 11 is 8.64. The van der Waals surface area contributed by atoms with Gasteiger partial charge in [0.2, 0.25) is 0 Å². The molecule has 0 aliphatic heterocycles. The summed E-state index contributed by atoms with van der Waals surface area (Å²) in [5.74, 6) is -0.482. The highest BCUT2D eigenvalue weighted by Crippen LogP contribution is 2.24. The fourth-order valence-electron chi connectivity index (χ4n) is 2.08. The van der Waals surface area contributed by atoms with Gasteiger partial charge in [-0.15, -0.1) is 0 Å². The predicted octanol–water partition coefficient (Wildman–Crippen LogP) is 4.46. The van der Waals surface area contributed by atoms with Gasteiger partial charge < -0.3 is 4.98 Å². The number of rotatable bonds is 1. The number of halogens is 2. The second-order valence-electron chi connectivity index (χ2n) is 4.21. The Hall–Kier alpha value is -1.97. The third kappa shape index (κ3) is 2.05. The molecule has 0 saturated carbocycles. The number of nitriles is 1. The predicted molar refractivity (Wildman–Crippen MR) is 80.8 cm³/mol. The molecule has 6 heteroatoms. The Kier molecular flexibility index (Phi) is 3.16. The van der Waals surface area contributed by atoms with Gasteiger partial charge in [0.15, 0.2) is 4.77 Å². The van der Waals surface area contributed by atoms with E-state index in [2.05, 4.69) is 20.9 Å². The maximum absolute atomic E-state index is 14.1. The van der Waals surface area contributed by atoms with Crippen molar-refractivity contribution in [1.82, 2.24) is 9.55 Å². The molecule has 0 radical (unpaired) electrons. The van der Waals surface area contributed by atoms with E-state index < -0.39 is 5.82 Å². The minimum Gasteiger partial charge on any atom is -0.330 e. The van der Waals surface area contributed by atoms with Gasteiger partial charge >= 0.3 is 0 Å². The third-order valence-electron chi connectivity index (χ3n) is 2.96. The minimum absolute atomic E-state index is 0.278. The van der Waals surface area contributed by atoms with Crippen LogP contribution in [0, 0.1) is 21.9 Å². The molecule has 0 saturated heterocycles. The first-order valence-corrected chi connectivity index (χ1v) is 6.90. The Balaban J connectivity index is 2.33. The maximum Gasteiger partial charge on any atom is 0.182 e. The Morgan fingerprint density at radius 2 is 2.05 bits per heavy atom. The van der Waals surface area contributed by atoms with Crippen LogP contribution >= 0.6 is 28.1 Å². The van der Waals surface area contributed by atoms with E-state index in [-0.39, 0.29) is 5.56 Å². The lowest BCUT2D eigenvalue weighted by molar-refractivity contribution is 0.618. The van der Waals surface area contributed by atoms with Crippen molar-refractivity contribution in [1.29, 1.82) is 5.26 Å². The molecule has 0 unspecified atom stereocenters. The van der Waals surface area contributed by atoms with Crippen molar-refractivity contribution in [2.45, 2.75) is 0 Å². The van der Waals surface area contributed by atoms with E-state index >= 15 is 0 Å². The van der Waals surface area contributed by atoms with E-state index in [0.29, 0.717) is 10.5 Å². The summed E-state index contributed by atoms with van der Waals surface area (Å²) in [4.78, 5) is 3.04. The van der Waals surface area contributed by atoms with Crippen LogP contribution in [0.2, 0.25) is 0 Å². The number of aromatic amines is 1. The first-order valence-electron chi connectivity index (χ1n) is 5.70. The molecule has 3 nitrogen and oxygen atoms in total. The van der Waals surface area contributed by atoms with Crippen molar-refractivity contribution in [3.05, 3.63) is 57.0 Å². The van der Waals surface area contributed by atoms with Crippen LogP contribution in [0.3, 0.4) is 0 Å². The van der Waals surface area contributed by atoms with Crippen LogP contribution in [-0.4, -0.2) is 9.55 Å². The van der Waals surface area contributed by atoms with Crippen molar-refractivity contribution in [2.75, 3.05) is 0 Å². The number of hydrogen-bond acceptors (Lipinski definition) is 2. The lowest BCUT2D eigenvalue weighted by Gasteiger charge is -2.06. The highest BCUT2D eigenvalue weighted by Gasteiger charge is 2.11. The molecule has 0 spiro atoms. The summed E-state index contributed by atoms with van der Waals surface area (Å²) in [5, 5.41) is 8.78. The molecule has 98 valence electrons. The molecule has 0 aliphatic carbocycles. The Morgan fingerprint density at radius 3 is 2.75 bits per heavy atom. The zero-order valence-corrected chi connectivity index (χ0v) is 12.4. The monoisotopic (exact) mass is 347 g/mol. The highest BCUT2D eigenvalue weighted by atomic mass is 79.9. The molecule has 2 aromatic carbocycles. The molecule has 20 heavy (non-hydrogen) atoms. The summed E-state index contributed by atoms with van der Waals surface area (Å²) in [7, 11) is 0. The first kappa shape index (κ1) is 13.0. The quantitative estimate of drug-likeness (QED) is 0.660. The van der Waals surface area contributed by atoms with Crippen LogP contribution in [-0.2, 0) is 0 Å². The van der Waals surface area contributed by atoms with Crippen LogP contribution in [0.25, 0.3) is 16.7 Å². The molecule has 1 aromatic heterocycles. The van der Waals surface area contributed by atoms with Crippen LogP contribution in [0.4, 0.5) is 4.39 Å². The van der Waals surface area contributed by atoms with E-state index in [1.54, 1.807) is 16.7 Å². The third-order valence-corrected chi connectivity index (χ3v) is 3.74. The lowest BCUT2D eigenvalue weighted by atomic mass is 10.2. The summed E-state index contributed by atoms with van der Waals surface area (Å²) < 4.78 is 17.1. The van der Waals surface area contributed by atoms with E-state index in [9.17, 15) is 4.39 Å². The zero-order valence-electron chi connectivity index (χ0n) is 10.0. The SMILES string of the molecule is N#Cc1ccc(-n2c(=S)[nH]c3cc(Br)ccc32)c(F)c1. The van der Waals surface area contributed by atoms with Crippen molar-refractivity contribution < 1.29 is 4.39 Å². The smallest absolute Gasteiger partial charge is 0.182 e. The first-order chi connectivity index (χ1) is 9.60. The number of benzene rings is 2. The molecule has 3 aromatic rings. The number of aromatic nitrogens is 2. The van der Waals surface area contributed by atoms with Gasteiger partial charge in [0, 0.05) is 4.47 Å². The molecule has 1 N–H and O–H groups in total. The number of H-pyrrole nitrogens is 1. The van der Waals surface area contributed by atoms with Gasteiger partial charge in [0.25, 0.3) is 0 Å². The Bertz CT molecular complexity index is 920. The maximum atomic E-state index is 14.1. The topological polar surface area (TPSA) is 44.5 Å². The summed E-state index contributed by atoms with van der Waals surface area (Å²) in [6.07, 6.45) is 0. The van der Waals surface area contributed by atoms with Gasteiger partial charge in [-0.05, 0) is 48.6 Å². The summed E-state index contributed by atoms with van der Waals surface area (Å²) in [6, 6.07) is 11.8. The van der Waals surface area contributed by atoms with Crippen LogP contribution in [0.5, 0.6) is 0 Å². The molecule has 0 atom stereocenters. The highest BCUT2D eigenvalue weighted by molar-refractivity contribution is 9.10. The van der Waals surface area contributed by atoms with Gasteiger partial charge in [0.05, 0.1) is 28.4 Å². The number of fused-ring (bicyclic) bond motifs is 1. The van der Waals surface area contributed by atoms with Crippen molar-refractivity contribution in [3.8, 4) is 11.8 Å². The van der Waals surface area contributed by atoms with Crippen LogP contribution in [0.15, 0.2) is 40.9 Å². The summed E-state index contributed by atoms with van der Waals surface area (Å²) in [6.45, 7) is 0. The molecule has 0 bridgehead atoms. The van der Waals surface area contributed by atoms with Gasteiger partial charge in [-0.25, -0.2) is 4.39 Å². The van der Waals surface area contributed by atoms with Gasteiger partial charge in [-0.1, -0.05) is 15.9 Å². The molecule has 3 rings (SSSR count). The van der Waals surface area contributed by atoms with Gasteiger partial charge in [0.1, 0.15) is 5.82 Å². The second-order valence-corrected chi connectivity index (χ2v) is 5.51. The van der Waals surface area contributed by atoms with Crippen molar-refractivity contribution in [3.63, 3.8) is 0 Å². The fraction of sp³-hybridized carbons (Fsp3) is 0. The number of imidazole rings is 1. The molecular formula is C14H7BrFN3S. The normalized spacial score (nSPS) is 10.7. The average molecular weight is 348 g/mol. The van der Waals surface area contributed by atoms with Crippen molar-refractivity contribution in [2.24, 2.45) is 0 Å². The second kappa shape index (κ2) is 4.85. The van der Waals surface area contributed by atoms with E-state index in [0.717, 1.165) is 15.5 Å². The van der Waals surface area contributed by atoms with Crippen molar-refractivity contribution >= 4 is 39.2 Å². The zero-order chi connectivity index (χ0) is 14.3. The minimum atomic E-state index is -0.482. The molecule has 1 heterocycles.